The molecule has 0 radical (unpaired) electrons. The van der Waals surface area contributed by atoms with Crippen LogP contribution >= 0.6 is 27.5 Å². The molecule has 0 aliphatic rings. The number of benzene rings is 2. The van der Waals surface area contributed by atoms with Crippen molar-refractivity contribution in [3.63, 3.8) is 0 Å². The van der Waals surface area contributed by atoms with Crippen molar-refractivity contribution in [3.05, 3.63) is 64.9 Å². The van der Waals surface area contributed by atoms with Gasteiger partial charge in [-0.05, 0) is 44.4 Å². The van der Waals surface area contributed by atoms with Gasteiger partial charge in [-0.1, -0.05) is 30.3 Å². The molecule has 20 heavy (non-hydrogen) atoms. The average Bonchev–Trinajstić information content (AvgIpc) is 2.50. The molecule has 2 aromatic carbocycles. The molecule has 2 nitrogen and oxygen atoms in total. The molecule has 0 unspecified atom stereocenters. The van der Waals surface area contributed by atoms with E-state index in [9.17, 15) is 0 Å². The van der Waals surface area contributed by atoms with Crippen LogP contribution in [0.2, 0.25) is 0 Å². The van der Waals surface area contributed by atoms with Gasteiger partial charge in [0.2, 0.25) is 0 Å². The highest BCUT2D eigenvalue weighted by molar-refractivity contribution is 9.10. The zero-order valence-electron chi connectivity index (χ0n) is 10.5. The normalized spacial score (nSPS) is 10.7. The van der Waals surface area contributed by atoms with Gasteiger partial charge >= 0.3 is 0 Å². The minimum Gasteiger partial charge on any atom is -0.455 e. The van der Waals surface area contributed by atoms with Crippen molar-refractivity contribution in [1.29, 1.82) is 0 Å². The molecule has 3 aromatic rings. The molecule has 0 amide bonds. The lowest BCUT2D eigenvalue weighted by Gasteiger charge is -2.10. The van der Waals surface area contributed by atoms with Gasteiger partial charge < -0.3 is 4.74 Å². The van der Waals surface area contributed by atoms with Gasteiger partial charge in [-0.3, -0.25) is 4.98 Å². The van der Waals surface area contributed by atoms with Gasteiger partial charge in [0, 0.05) is 12.1 Å². The van der Waals surface area contributed by atoms with Crippen molar-refractivity contribution in [2.45, 2.75) is 5.88 Å². The smallest absolute Gasteiger partial charge is 0.146 e. The van der Waals surface area contributed by atoms with Crippen LogP contribution in [0.5, 0.6) is 11.5 Å². The SMILES string of the molecule is ClCc1cncc(Oc2ccc3ccccc3c2Br)c1. The molecule has 0 spiro atoms. The van der Waals surface area contributed by atoms with Crippen LogP contribution in [0.15, 0.2) is 59.3 Å². The fourth-order valence-electron chi connectivity index (χ4n) is 2.01. The van der Waals surface area contributed by atoms with Gasteiger partial charge in [-0.25, -0.2) is 0 Å². The van der Waals surface area contributed by atoms with E-state index in [1.807, 2.05) is 30.3 Å². The van der Waals surface area contributed by atoms with Crippen LogP contribution in [-0.2, 0) is 5.88 Å². The van der Waals surface area contributed by atoms with Crippen molar-refractivity contribution < 1.29 is 4.74 Å². The Morgan fingerprint density at radius 2 is 1.95 bits per heavy atom. The molecule has 100 valence electrons. The molecule has 4 heteroatoms. The summed E-state index contributed by atoms with van der Waals surface area (Å²) in [6, 6.07) is 14.0. The first kappa shape index (κ1) is 13.4. The van der Waals surface area contributed by atoms with E-state index >= 15 is 0 Å². The van der Waals surface area contributed by atoms with Crippen LogP contribution in [0.4, 0.5) is 0 Å². The van der Waals surface area contributed by atoms with Gasteiger partial charge in [0.25, 0.3) is 0 Å². The Bertz CT molecular complexity index is 760. The molecular weight excluding hydrogens is 338 g/mol. The highest BCUT2D eigenvalue weighted by Crippen LogP contribution is 2.35. The number of pyridine rings is 1. The largest absolute Gasteiger partial charge is 0.455 e. The van der Waals surface area contributed by atoms with E-state index in [2.05, 4.69) is 33.0 Å². The summed E-state index contributed by atoms with van der Waals surface area (Å²) in [5, 5.41) is 2.28. The fraction of sp³-hybridized carbons (Fsp3) is 0.0625. The first-order chi connectivity index (χ1) is 9.78. The average molecular weight is 349 g/mol. The Kier molecular flexibility index (Phi) is 3.90. The summed E-state index contributed by atoms with van der Waals surface area (Å²) in [5.74, 6) is 1.86. The predicted molar refractivity (Wildman–Crippen MR) is 85.5 cm³/mol. The van der Waals surface area contributed by atoms with E-state index in [4.69, 9.17) is 16.3 Å². The molecule has 0 aliphatic carbocycles. The van der Waals surface area contributed by atoms with Crippen LogP contribution in [0, 0.1) is 0 Å². The van der Waals surface area contributed by atoms with Crippen molar-refractivity contribution in [3.8, 4) is 11.5 Å². The number of nitrogens with zero attached hydrogens (tertiary/aromatic N) is 1. The van der Waals surface area contributed by atoms with Gasteiger partial charge in [0.1, 0.15) is 11.5 Å². The Morgan fingerprint density at radius 1 is 1.10 bits per heavy atom. The molecule has 0 saturated carbocycles. The molecule has 1 aromatic heterocycles. The van der Waals surface area contributed by atoms with Crippen LogP contribution in [0.1, 0.15) is 5.56 Å². The van der Waals surface area contributed by atoms with Crippen LogP contribution in [-0.4, -0.2) is 4.98 Å². The quantitative estimate of drug-likeness (QED) is 0.581. The second kappa shape index (κ2) is 5.81. The Labute approximate surface area is 130 Å². The van der Waals surface area contributed by atoms with E-state index < -0.39 is 0 Å². The van der Waals surface area contributed by atoms with Gasteiger partial charge in [0.05, 0.1) is 10.7 Å². The van der Waals surface area contributed by atoms with Crippen LogP contribution in [0.25, 0.3) is 10.8 Å². The van der Waals surface area contributed by atoms with Crippen LogP contribution < -0.4 is 4.74 Å². The number of halogens is 2. The number of rotatable bonds is 3. The Hall–Kier alpha value is -1.58. The maximum Gasteiger partial charge on any atom is 0.146 e. The summed E-state index contributed by atoms with van der Waals surface area (Å²) in [6.07, 6.45) is 3.41. The lowest BCUT2D eigenvalue weighted by atomic mass is 10.1. The number of hydrogen-bond acceptors (Lipinski definition) is 2. The molecule has 0 bridgehead atoms. The van der Waals surface area contributed by atoms with Crippen molar-refractivity contribution in [1.82, 2.24) is 4.98 Å². The number of hydrogen-bond donors (Lipinski definition) is 0. The second-order valence-corrected chi connectivity index (χ2v) is 5.42. The highest BCUT2D eigenvalue weighted by atomic mass is 79.9. The number of ether oxygens (including phenoxy) is 1. The maximum atomic E-state index is 5.89. The van der Waals surface area contributed by atoms with Crippen molar-refractivity contribution in [2.75, 3.05) is 0 Å². The summed E-state index contributed by atoms with van der Waals surface area (Å²) < 4.78 is 6.83. The van der Waals surface area contributed by atoms with Crippen molar-refractivity contribution in [2.24, 2.45) is 0 Å². The van der Waals surface area contributed by atoms with E-state index in [1.165, 1.54) is 5.39 Å². The molecule has 0 saturated heterocycles. The monoisotopic (exact) mass is 347 g/mol. The molecule has 0 aliphatic heterocycles. The van der Waals surface area contributed by atoms with E-state index in [-0.39, 0.29) is 0 Å². The first-order valence-electron chi connectivity index (χ1n) is 6.13. The highest BCUT2D eigenvalue weighted by Gasteiger charge is 2.07. The standard InChI is InChI=1S/C16H11BrClNO/c17-16-14-4-2-1-3-12(14)5-6-15(16)20-13-7-11(8-18)9-19-10-13/h1-7,9-10H,8H2. The fourth-order valence-corrected chi connectivity index (χ4v) is 2.73. The summed E-state index contributed by atoms with van der Waals surface area (Å²) in [7, 11) is 0. The summed E-state index contributed by atoms with van der Waals surface area (Å²) in [4.78, 5) is 4.12. The summed E-state index contributed by atoms with van der Waals surface area (Å²) in [5.41, 5.74) is 0.932. The third kappa shape index (κ3) is 2.65. The minimum atomic E-state index is 0.420. The topological polar surface area (TPSA) is 22.1 Å². The predicted octanol–water partition coefficient (Wildman–Crippen LogP) is 5.53. The second-order valence-electron chi connectivity index (χ2n) is 4.36. The van der Waals surface area contributed by atoms with E-state index in [1.54, 1.807) is 12.4 Å². The van der Waals surface area contributed by atoms with Crippen molar-refractivity contribution >= 4 is 38.3 Å². The molecular formula is C16H11BrClNO. The Balaban J connectivity index is 2.00. The number of alkyl halides is 1. The maximum absolute atomic E-state index is 5.89. The van der Waals surface area contributed by atoms with Gasteiger partial charge in [-0.2, -0.15) is 0 Å². The molecule has 0 N–H and O–H groups in total. The lowest BCUT2D eigenvalue weighted by molar-refractivity contribution is 0.477. The zero-order chi connectivity index (χ0) is 13.9. The lowest BCUT2D eigenvalue weighted by Crippen LogP contribution is -1.89. The van der Waals surface area contributed by atoms with E-state index in [0.717, 1.165) is 21.2 Å². The molecule has 1 heterocycles. The minimum absolute atomic E-state index is 0.420. The first-order valence-corrected chi connectivity index (χ1v) is 7.45. The summed E-state index contributed by atoms with van der Waals surface area (Å²) >= 11 is 9.41. The van der Waals surface area contributed by atoms with Gasteiger partial charge in [-0.15, -0.1) is 11.6 Å². The third-order valence-electron chi connectivity index (χ3n) is 2.98. The summed E-state index contributed by atoms with van der Waals surface area (Å²) in [6.45, 7) is 0. The van der Waals surface area contributed by atoms with Gasteiger partial charge in [0.15, 0.2) is 0 Å². The molecule has 3 rings (SSSR count). The Morgan fingerprint density at radius 3 is 2.80 bits per heavy atom. The molecule has 0 atom stereocenters. The zero-order valence-corrected chi connectivity index (χ0v) is 12.9. The molecule has 0 fully saturated rings. The number of aromatic nitrogens is 1. The van der Waals surface area contributed by atoms with E-state index in [0.29, 0.717) is 11.6 Å². The number of fused-ring (bicyclic) bond motifs is 1. The van der Waals surface area contributed by atoms with Crippen LogP contribution in [0.3, 0.4) is 0 Å². The third-order valence-corrected chi connectivity index (χ3v) is 4.11.